The van der Waals surface area contributed by atoms with Gasteiger partial charge in [0.2, 0.25) is 5.91 Å². The van der Waals surface area contributed by atoms with Crippen molar-refractivity contribution in [2.45, 2.75) is 26.7 Å². The van der Waals surface area contributed by atoms with Crippen molar-refractivity contribution in [2.24, 2.45) is 5.92 Å². The van der Waals surface area contributed by atoms with Crippen LogP contribution in [-0.2, 0) is 9.53 Å². The summed E-state index contributed by atoms with van der Waals surface area (Å²) in [4.78, 5) is 22.1. The van der Waals surface area contributed by atoms with Crippen LogP contribution in [0.3, 0.4) is 0 Å². The predicted octanol–water partition coefficient (Wildman–Crippen LogP) is 3.97. The van der Waals surface area contributed by atoms with Crippen LogP contribution in [0.4, 0.5) is 5.69 Å². The third kappa shape index (κ3) is 5.20. The SMILES string of the molecule is CCC1CNC(=O)C1.Cc1nc(-c2ccc(N3CCOCC3)cc2)cc2ncccc12. The first-order chi connectivity index (χ1) is 15.1. The number of rotatable bonds is 3. The minimum absolute atomic E-state index is 0.219. The van der Waals surface area contributed by atoms with Crippen LogP contribution < -0.4 is 10.2 Å². The normalized spacial score (nSPS) is 18.5. The number of hydrogen-bond acceptors (Lipinski definition) is 5. The van der Waals surface area contributed by atoms with E-state index in [1.165, 1.54) is 5.69 Å². The van der Waals surface area contributed by atoms with E-state index in [4.69, 9.17) is 9.72 Å². The first kappa shape index (κ1) is 21.2. The smallest absolute Gasteiger partial charge is 0.220 e. The van der Waals surface area contributed by atoms with Crippen LogP contribution >= 0.6 is 0 Å². The first-order valence-corrected chi connectivity index (χ1v) is 11.1. The summed E-state index contributed by atoms with van der Waals surface area (Å²) in [5.74, 6) is 0.833. The number of amides is 1. The molecule has 4 heterocycles. The number of carbonyl (C=O) groups is 1. The molecule has 6 heteroatoms. The Kier molecular flexibility index (Phi) is 6.77. The Labute approximate surface area is 183 Å². The van der Waals surface area contributed by atoms with Crippen molar-refractivity contribution in [3.8, 4) is 11.3 Å². The molecule has 2 saturated heterocycles. The number of nitrogens with one attached hydrogen (secondary N) is 1. The lowest BCUT2D eigenvalue weighted by molar-refractivity contribution is -0.119. The van der Waals surface area contributed by atoms with E-state index in [0.29, 0.717) is 5.92 Å². The third-order valence-electron chi connectivity index (χ3n) is 5.97. The molecule has 2 aromatic heterocycles. The molecule has 0 saturated carbocycles. The van der Waals surface area contributed by atoms with Gasteiger partial charge in [-0.05, 0) is 43.2 Å². The van der Waals surface area contributed by atoms with Gasteiger partial charge in [0, 0.05) is 54.6 Å². The van der Waals surface area contributed by atoms with Crippen molar-refractivity contribution in [2.75, 3.05) is 37.7 Å². The van der Waals surface area contributed by atoms with Gasteiger partial charge in [0.25, 0.3) is 0 Å². The molecule has 2 fully saturated rings. The molecule has 2 aliphatic rings. The van der Waals surface area contributed by atoms with E-state index < -0.39 is 0 Å². The zero-order valence-electron chi connectivity index (χ0n) is 18.3. The van der Waals surface area contributed by atoms with Crippen molar-refractivity contribution in [1.29, 1.82) is 0 Å². The lowest BCUT2D eigenvalue weighted by atomic mass is 10.1. The number of pyridine rings is 2. The highest BCUT2D eigenvalue weighted by molar-refractivity contribution is 5.84. The molecule has 0 radical (unpaired) electrons. The van der Waals surface area contributed by atoms with Gasteiger partial charge < -0.3 is 15.0 Å². The van der Waals surface area contributed by atoms with E-state index in [1.807, 2.05) is 19.2 Å². The molecule has 1 amide bonds. The molecular weight excluding hydrogens is 388 g/mol. The summed E-state index contributed by atoms with van der Waals surface area (Å²) in [6.07, 6.45) is 3.70. The summed E-state index contributed by atoms with van der Waals surface area (Å²) < 4.78 is 5.41. The molecule has 6 nitrogen and oxygen atoms in total. The number of benzene rings is 1. The Morgan fingerprint density at radius 2 is 1.94 bits per heavy atom. The van der Waals surface area contributed by atoms with Crippen molar-refractivity contribution in [3.63, 3.8) is 0 Å². The molecule has 0 bridgehead atoms. The maximum Gasteiger partial charge on any atom is 0.220 e. The minimum atomic E-state index is 0.219. The number of morpholine rings is 1. The van der Waals surface area contributed by atoms with Gasteiger partial charge in [-0.3, -0.25) is 14.8 Å². The molecule has 1 unspecified atom stereocenters. The predicted molar refractivity (Wildman–Crippen MR) is 124 cm³/mol. The number of carbonyl (C=O) groups excluding carboxylic acids is 1. The Morgan fingerprint density at radius 1 is 1.16 bits per heavy atom. The number of hydrogen-bond donors (Lipinski definition) is 1. The van der Waals surface area contributed by atoms with Crippen molar-refractivity contribution in [3.05, 3.63) is 54.4 Å². The van der Waals surface area contributed by atoms with Gasteiger partial charge in [-0.1, -0.05) is 25.5 Å². The molecule has 1 N–H and O–H groups in total. The molecule has 0 aliphatic carbocycles. The maximum absolute atomic E-state index is 10.5. The summed E-state index contributed by atoms with van der Waals surface area (Å²) in [6.45, 7) is 8.57. The standard InChI is InChI=1S/C19H19N3O.C6H11NO/c1-14-17-3-2-8-20-19(17)13-18(21-14)15-4-6-16(7-5-15)22-9-11-23-12-10-22;1-2-5-3-6(8)7-4-5/h2-8,13H,9-12H2,1H3;5H,2-4H2,1H3,(H,7,8). The lowest BCUT2D eigenvalue weighted by Crippen LogP contribution is -2.36. The van der Waals surface area contributed by atoms with E-state index in [0.717, 1.165) is 73.5 Å². The van der Waals surface area contributed by atoms with Gasteiger partial charge in [-0.2, -0.15) is 0 Å². The molecular formula is C25H30N4O2. The summed E-state index contributed by atoms with van der Waals surface area (Å²) in [7, 11) is 0. The molecule has 1 aromatic carbocycles. The third-order valence-corrected chi connectivity index (χ3v) is 5.97. The molecule has 0 spiro atoms. The first-order valence-electron chi connectivity index (χ1n) is 11.1. The lowest BCUT2D eigenvalue weighted by Gasteiger charge is -2.28. The van der Waals surface area contributed by atoms with Gasteiger partial charge in [0.05, 0.1) is 24.4 Å². The van der Waals surface area contributed by atoms with Gasteiger partial charge >= 0.3 is 0 Å². The topological polar surface area (TPSA) is 67.4 Å². The highest BCUT2D eigenvalue weighted by Gasteiger charge is 2.18. The zero-order chi connectivity index (χ0) is 21.6. The van der Waals surface area contributed by atoms with E-state index in [9.17, 15) is 4.79 Å². The monoisotopic (exact) mass is 418 g/mol. The van der Waals surface area contributed by atoms with Crippen molar-refractivity contribution >= 4 is 22.5 Å². The van der Waals surface area contributed by atoms with Crippen LogP contribution in [0.1, 0.15) is 25.5 Å². The van der Waals surface area contributed by atoms with Crippen LogP contribution in [0, 0.1) is 12.8 Å². The molecule has 1 atom stereocenters. The fraction of sp³-hybridized carbons (Fsp3) is 0.400. The second-order valence-corrected chi connectivity index (χ2v) is 8.09. The maximum atomic E-state index is 10.5. The Hall–Kier alpha value is -2.99. The Morgan fingerprint density at radius 3 is 2.58 bits per heavy atom. The van der Waals surface area contributed by atoms with Crippen LogP contribution in [0.15, 0.2) is 48.7 Å². The second-order valence-electron chi connectivity index (χ2n) is 8.09. The fourth-order valence-electron chi connectivity index (χ4n) is 4.01. The molecule has 2 aliphatic heterocycles. The van der Waals surface area contributed by atoms with Crippen LogP contribution in [-0.4, -0.2) is 48.7 Å². The Bertz CT molecular complexity index is 1030. The summed E-state index contributed by atoms with van der Waals surface area (Å²) in [5.41, 5.74) is 5.35. The van der Waals surface area contributed by atoms with E-state index in [2.05, 4.69) is 58.5 Å². The summed E-state index contributed by atoms with van der Waals surface area (Å²) >= 11 is 0. The quantitative estimate of drug-likeness (QED) is 0.697. The van der Waals surface area contributed by atoms with E-state index >= 15 is 0 Å². The van der Waals surface area contributed by atoms with Crippen molar-refractivity contribution in [1.82, 2.24) is 15.3 Å². The van der Waals surface area contributed by atoms with E-state index in [-0.39, 0.29) is 5.91 Å². The minimum Gasteiger partial charge on any atom is -0.378 e. The van der Waals surface area contributed by atoms with Gasteiger partial charge in [-0.15, -0.1) is 0 Å². The number of anilines is 1. The molecule has 3 aromatic rings. The number of ether oxygens (including phenoxy) is 1. The van der Waals surface area contributed by atoms with Gasteiger partial charge in [0.1, 0.15) is 0 Å². The fourth-order valence-corrected chi connectivity index (χ4v) is 4.01. The van der Waals surface area contributed by atoms with Gasteiger partial charge in [-0.25, -0.2) is 0 Å². The Balaban J connectivity index is 0.000000245. The number of aromatic nitrogens is 2. The highest BCUT2D eigenvalue weighted by Crippen LogP contribution is 2.26. The van der Waals surface area contributed by atoms with E-state index in [1.54, 1.807) is 0 Å². The molecule has 162 valence electrons. The number of nitrogens with zero attached hydrogens (tertiary/aromatic N) is 3. The van der Waals surface area contributed by atoms with Crippen LogP contribution in [0.25, 0.3) is 22.2 Å². The molecule has 31 heavy (non-hydrogen) atoms. The number of aryl methyl sites for hydroxylation is 1. The highest BCUT2D eigenvalue weighted by atomic mass is 16.5. The zero-order valence-corrected chi connectivity index (χ0v) is 18.3. The average Bonchev–Trinajstić information content (AvgIpc) is 3.26. The number of fused-ring (bicyclic) bond motifs is 1. The molecule has 5 rings (SSSR count). The van der Waals surface area contributed by atoms with Gasteiger partial charge in [0.15, 0.2) is 0 Å². The summed E-state index contributed by atoms with van der Waals surface area (Å²) in [6, 6.07) is 14.7. The summed E-state index contributed by atoms with van der Waals surface area (Å²) in [5, 5.41) is 3.89. The van der Waals surface area contributed by atoms with Crippen LogP contribution in [0.5, 0.6) is 0 Å². The largest absolute Gasteiger partial charge is 0.378 e. The van der Waals surface area contributed by atoms with Crippen molar-refractivity contribution < 1.29 is 9.53 Å². The van der Waals surface area contributed by atoms with Crippen LogP contribution in [0.2, 0.25) is 0 Å². The second kappa shape index (κ2) is 9.88. The average molecular weight is 419 g/mol.